The van der Waals surface area contributed by atoms with Gasteiger partial charge in [0.2, 0.25) is 0 Å². The minimum Gasteiger partial charge on any atom is -0.376 e. The molecule has 150 valence electrons. The molecule has 2 N–H and O–H groups in total. The zero-order chi connectivity index (χ0) is 20.8. The Bertz CT molecular complexity index is 1090. The maximum atomic E-state index is 4.59. The Balaban J connectivity index is 1.55. The summed E-state index contributed by atoms with van der Waals surface area (Å²) in [7, 11) is 0. The third-order valence-corrected chi connectivity index (χ3v) is 5.17. The average Bonchev–Trinajstić information content (AvgIpc) is 3.24. The summed E-state index contributed by atoms with van der Waals surface area (Å²) >= 11 is 0. The number of benzene rings is 3. The number of aliphatic imine (C=N–C) groups is 1. The van der Waals surface area contributed by atoms with E-state index in [-0.39, 0.29) is 6.04 Å². The van der Waals surface area contributed by atoms with Crippen molar-refractivity contribution in [3.05, 3.63) is 119 Å². The monoisotopic (exact) mass is 393 g/mol. The van der Waals surface area contributed by atoms with Crippen molar-refractivity contribution in [3.63, 3.8) is 0 Å². The van der Waals surface area contributed by atoms with Gasteiger partial charge in [-0.3, -0.25) is 4.99 Å². The maximum Gasteiger partial charge on any atom is 0.0703 e. The van der Waals surface area contributed by atoms with Crippen LogP contribution in [0.25, 0.3) is 0 Å². The van der Waals surface area contributed by atoms with Crippen molar-refractivity contribution in [1.82, 2.24) is 4.98 Å². The molecule has 0 aliphatic rings. The second kappa shape index (κ2) is 9.27. The highest BCUT2D eigenvalue weighted by Crippen LogP contribution is 2.24. The van der Waals surface area contributed by atoms with Crippen molar-refractivity contribution in [2.75, 3.05) is 5.32 Å². The highest BCUT2D eigenvalue weighted by molar-refractivity contribution is 5.80. The lowest BCUT2D eigenvalue weighted by Crippen LogP contribution is -2.14. The summed E-state index contributed by atoms with van der Waals surface area (Å²) < 4.78 is 0. The molecule has 3 heteroatoms. The van der Waals surface area contributed by atoms with Crippen molar-refractivity contribution < 1.29 is 0 Å². The van der Waals surface area contributed by atoms with Gasteiger partial charge in [0.05, 0.1) is 23.6 Å². The van der Waals surface area contributed by atoms with Crippen LogP contribution in [-0.4, -0.2) is 11.2 Å². The van der Waals surface area contributed by atoms with Gasteiger partial charge >= 0.3 is 0 Å². The highest BCUT2D eigenvalue weighted by Gasteiger charge is 2.14. The predicted octanol–water partition coefficient (Wildman–Crippen LogP) is 6.78. The van der Waals surface area contributed by atoms with Crippen molar-refractivity contribution in [3.8, 4) is 0 Å². The molecule has 30 heavy (non-hydrogen) atoms. The topological polar surface area (TPSA) is 40.2 Å². The second-order valence-corrected chi connectivity index (χ2v) is 7.72. The molecule has 0 bridgehead atoms. The molecule has 3 nitrogen and oxygen atoms in total. The van der Waals surface area contributed by atoms with Crippen LogP contribution in [0.4, 0.5) is 11.4 Å². The zero-order valence-corrected chi connectivity index (χ0v) is 17.5. The minimum absolute atomic E-state index is 0.136. The first-order valence-corrected chi connectivity index (χ1v) is 10.3. The Morgan fingerprint density at radius 3 is 2.17 bits per heavy atom. The molecule has 0 aliphatic carbocycles. The van der Waals surface area contributed by atoms with Crippen molar-refractivity contribution in [2.45, 2.75) is 26.3 Å². The zero-order valence-electron chi connectivity index (χ0n) is 17.5. The molecule has 4 rings (SSSR count). The van der Waals surface area contributed by atoms with E-state index in [0.29, 0.717) is 0 Å². The van der Waals surface area contributed by atoms with Crippen LogP contribution >= 0.6 is 0 Å². The van der Waals surface area contributed by atoms with E-state index >= 15 is 0 Å². The van der Waals surface area contributed by atoms with Gasteiger partial charge in [-0.1, -0.05) is 65.7 Å². The Hall–Kier alpha value is -3.59. The van der Waals surface area contributed by atoms with Gasteiger partial charge in [0.25, 0.3) is 0 Å². The van der Waals surface area contributed by atoms with E-state index in [2.05, 4.69) is 108 Å². The molecule has 0 aliphatic heterocycles. The summed E-state index contributed by atoms with van der Waals surface area (Å²) in [5.41, 5.74) is 8.00. The minimum atomic E-state index is 0.136. The molecule has 1 aromatic heterocycles. The Labute approximate surface area is 178 Å². The number of anilines is 1. The van der Waals surface area contributed by atoms with Crippen LogP contribution in [0.3, 0.4) is 0 Å². The molecule has 1 heterocycles. The molecule has 0 saturated heterocycles. The van der Waals surface area contributed by atoms with Crippen molar-refractivity contribution in [1.29, 1.82) is 0 Å². The van der Waals surface area contributed by atoms with E-state index < -0.39 is 0 Å². The lowest BCUT2D eigenvalue weighted by atomic mass is 10.0. The van der Waals surface area contributed by atoms with E-state index in [1.54, 1.807) is 0 Å². The number of hydrogen-bond donors (Lipinski definition) is 2. The third-order valence-electron chi connectivity index (χ3n) is 5.17. The highest BCUT2D eigenvalue weighted by atomic mass is 15.0. The standard InChI is InChI=1S/C27H27N3/c1-20-8-12-23(13-9-20)28-19-25-16-17-26(30-25)27(18-22-6-4-3-5-7-22)29-24-14-10-21(2)11-15-24/h3-17,19,27,29-30H,18H2,1-2H3. The Morgan fingerprint density at radius 1 is 0.800 bits per heavy atom. The largest absolute Gasteiger partial charge is 0.376 e. The first-order valence-electron chi connectivity index (χ1n) is 10.3. The van der Waals surface area contributed by atoms with Gasteiger partial charge in [-0.15, -0.1) is 0 Å². The molecule has 4 aromatic rings. The van der Waals surface area contributed by atoms with Crippen LogP contribution < -0.4 is 5.32 Å². The van der Waals surface area contributed by atoms with Gasteiger partial charge in [-0.2, -0.15) is 0 Å². The van der Waals surface area contributed by atoms with Crippen LogP contribution in [0.2, 0.25) is 0 Å². The van der Waals surface area contributed by atoms with E-state index in [0.717, 1.165) is 29.2 Å². The fourth-order valence-electron chi connectivity index (χ4n) is 3.42. The normalized spacial score (nSPS) is 12.2. The van der Waals surface area contributed by atoms with Gasteiger partial charge in [0.1, 0.15) is 0 Å². The molecule has 0 amide bonds. The number of aromatic nitrogens is 1. The van der Waals surface area contributed by atoms with E-state index in [9.17, 15) is 0 Å². The molecule has 1 unspecified atom stereocenters. The van der Waals surface area contributed by atoms with Crippen molar-refractivity contribution >= 4 is 17.6 Å². The first-order chi connectivity index (χ1) is 14.7. The first kappa shape index (κ1) is 19.7. The lowest BCUT2D eigenvalue weighted by molar-refractivity contribution is 0.752. The fourth-order valence-corrected chi connectivity index (χ4v) is 3.42. The number of hydrogen-bond acceptors (Lipinski definition) is 2. The summed E-state index contributed by atoms with van der Waals surface area (Å²) in [4.78, 5) is 8.13. The van der Waals surface area contributed by atoms with Gasteiger partial charge in [-0.25, -0.2) is 0 Å². The summed E-state index contributed by atoms with van der Waals surface area (Å²) in [6.07, 6.45) is 2.78. The number of H-pyrrole nitrogens is 1. The number of aromatic amines is 1. The molecular weight excluding hydrogens is 366 g/mol. The molecular formula is C27H27N3. The average molecular weight is 394 g/mol. The molecule has 0 spiro atoms. The molecule has 0 fully saturated rings. The Morgan fingerprint density at radius 2 is 1.47 bits per heavy atom. The van der Waals surface area contributed by atoms with Crippen LogP contribution in [0.1, 0.15) is 34.1 Å². The van der Waals surface area contributed by atoms with E-state index in [1.165, 1.54) is 16.7 Å². The smallest absolute Gasteiger partial charge is 0.0703 e. The van der Waals surface area contributed by atoms with E-state index in [4.69, 9.17) is 0 Å². The summed E-state index contributed by atoms with van der Waals surface area (Å²) in [6.45, 7) is 4.19. The fraction of sp³-hybridized carbons (Fsp3) is 0.148. The third kappa shape index (κ3) is 5.26. The lowest BCUT2D eigenvalue weighted by Gasteiger charge is -2.19. The van der Waals surface area contributed by atoms with Crippen molar-refractivity contribution in [2.24, 2.45) is 4.99 Å². The Kier molecular flexibility index (Phi) is 6.09. The summed E-state index contributed by atoms with van der Waals surface area (Å²) in [5, 5.41) is 3.69. The quantitative estimate of drug-likeness (QED) is 0.334. The van der Waals surface area contributed by atoms with Gasteiger partial charge in [0.15, 0.2) is 0 Å². The number of rotatable bonds is 7. The SMILES string of the molecule is Cc1ccc(N=Cc2ccc(C(Cc3ccccc3)Nc3ccc(C)cc3)[nH]2)cc1. The van der Waals surface area contributed by atoms with Crippen LogP contribution in [-0.2, 0) is 6.42 Å². The van der Waals surface area contributed by atoms with Gasteiger partial charge < -0.3 is 10.3 Å². The van der Waals surface area contributed by atoms with Crippen LogP contribution in [0, 0.1) is 13.8 Å². The van der Waals surface area contributed by atoms with Gasteiger partial charge in [0, 0.05) is 11.4 Å². The molecule has 0 saturated carbocycles. The number of nitrogens with zero attached hydrogens (tertiary/aromatic N) is 1. The summed E-state index contributed by atoms with van der Waals surface area (Å²) in [6, 6.07) is 31.7. The number of aryl methyl sites for hydroxylation is 2. The van der Waals surface area contributed by atoms with E-state index in [1.807, 2.05) is 18.3 Å². The maximum absolute atomic E-state index is 4.59. The predicted molar refractivity (Wildman–Crippen MR) is 127 cm³/mol. The molecule has 1 atom stereocenters. The van der Waals surface area contributed by atoms with Gasteiger partial charge in [-0.05, 0) is 62.2 Å². The molecule has 3 aromatic carbocycles. The second-order valence-electron chi connectivity index (χ2n) is 7.72. The van der Waals surface area contributed by atoms with Crippen LogP contribution in [0.5, 0.6) is 0 Å². The summed E-state index contributed by atoms with van der Waals surface area (Å²) in [5.74, 6) is 0. The van der Waals surface area contributed by atoms with Crippen LogP contribution in [0.15, 0.2) is 96.0 Å². The molecule has 0 radical (unpaired) electrons. The number of nitrogens with one attached hydrogen (secondary N) is 2.